The molecule has 6 aromatic carbocycles. The highest BCUT2D eigenvalue weighted by molar-refractivity contribution is 6.03. The number of amides is 10. The quantitative estimate of drug-likeness (QED) is 0.0313. The first-order valence-corrected chi connectivity index (χ1v) is 37.7. The van der Waals surface area contributed by atoms with Crippen LogP contribution in [0.3, 0.4) is 0 Å². The molecule has 6 aromatic rings. The lowest BCUT2D eigenvalue weighted by Gasteiger charge is -2.33. The zero-order valence-corrected chi connectivity index (χ0v) is 66.7. The fraction of sp³-hybridized carbons (Fsp3) is 0.446. The first-order valence-electron chi connectivity index (χ1n) is 37.7. The number of aromatic hydroxyl groups is 3. The van der Waals surface area contributed by atoms with Crippen LogP contribution < -0.4 is 38.5 Å². The van der Waals surface area contributed by atoms with E-state index >= 15 is 0 Å². The smallest absolute Gasteiger partial charge is 0.246 e. The van der Waals surface area contributed by atoms with E-state index in [-0.39, 0.29) is 179 Å². The molecule has 4 saturated heterocycles. The van der Waals surface area contributed by atoms with Crippen LogP contribution in [0.25, 0.3) is 0 Å². The van der Waals surface area contributed by atoms with Crippen LogP contribution in [-0.2, 0) is 65.9 Å². The van der Waals surface area contributed by atoms with Crippen molar-refractivity contribution in [1.29, 1.82) is 0 Å². The molecule has 14 rings (SSSR count). The number of likely N-dealkylation sites (tertiary alicyclic amines) is 4. The fourth-order valence-electron chi connectivity index (χ4n) is 12.9. The monoisotopic (exact) mass is 1630 g/mol. The van der Waals surface area contributed by atoms with Crippen molar-refractivity contribution in [3.8, 4) is 57.5 Å². The largest absolute Gasteiger partial charge is 0.508 e. The number of benzene rings is 6. The van der Waals surface area contributed by atoms with Gasteiger partial charge in [0.05, 0.1) is 82.6 Å². The van der Waals surface area contributed by atoms with Crippen molar-refractivity contribution in [3.63, 3.8) is 0 Å². The average molecular weight is 1630 g/mol. The summed E-state index contributed by atoms with van der Waals surface area (Å²) in [5.41, 5.74) is 4.51. The van der Waals surface area contributed by atoms with Gasteiger partial charge in [0.25, 0.3) is 0 Å². The number of carbonyl (C=O) groups excluding carboxylic acids is 10. The summed E-state index contributed by atoms with van der Waals surface area (Å²) in [5, 5.41) is 99.9. The van der Waals surface area contributed by atoms with Gasteiger partial charge < -0.3 is 99.2 Å². The number of likely N-dealkylation sites (N-methyl/N-ethyl adjacent to an activating group) is 1. The Morgan fingerprint density at radius 2 is 0.684 bits per heavy atom. The summed E-state index contributed by atoms with van der Waals surface area (Å²) in [6.45, 7) is 17.6. The molecule has 0 aliphatic carbocycles. The third kappa shape index (κ3) is 23.9. The van der Waals surface area contributed by atoms with Crippen molar-refractivity contribution in [1.82, 2.24) is 29.8 Å². The first kappa shape index (κ1) is 89.4. The van der Waals surface area contributed by atoms with Crippen molar-refractivity contribution in [2.24, 2.45) is 0 Å². The van der Waals surface area contributed by atoms with E-state index < -0.39 is 59.8 Å². The second-order valence-electron chi connectivity index (χ2n) is 30.4. The second-order valence-corrected chi connectivity index (χ2v) is 30.4. The summed E-state index contributed by atoms with van der Waals surface area (Å²) in [5.74, 6) is -1.37. The van der Waals surface area contributed by atoms with Crippen LogP contribution in [0.15, 0.2) is 109 Å². The van der Waals surface area contributed by atoms with Gasteiger partial charge in [0.15, 0.2) is 46.0 Å². The van der Waals surface area contributed by atoms with E-state index in [2.05, 4.69) is 5.32 Å². The molecular weight excluding hydrogens is 1530 g/mol. The van der Waals surface area contributed by atoms with E-state index in [4.69, 9.17) is 48.1 Å². The summed E-state index contributed by atoms with van der Waals surface area (Å²) < 4.78 is 44.8. The van der Waals surface area contributed by atoms with Gasteiger partial charge in [0.1, 0.15) is 11.5 Å². The molecule has 6 unspecified atom stereocenters. The number of hydrogen-bond acceptors (Lipinski definition) is 28. The molecule has 11 N–H and O–H groups in total. The predicted molar refractivity (Wildman–Crippen MR) is 411 cm³/mol. The topological polar surface area (TPSA) is 475 Å². The standard InChI is InChI=1S/C16H19NO5.C15H17NO5.C14H19NO4.C13H15NO5.C13H17NO4.C12H13NO5/c1-16(2)21-9-11-7-10(3-4-13(11)22-16)12(18)8-17-14(19)5-6-15(17)20;1-15(2)20-11-4-3-9(7-12(11)21-15)10(17)8-16-13(18)5-6-14(16)19;1-9(16)15(4)8-11(17)10-5-6-12-13(7-10)19-14(2,3)18-12;15-7-9-5-8(1-2-10(9)16)11(17)6-14-12(18)3-4-13(14)19;1-8(15)14-7-10(16)9-4-5-11-12(6-9)18-13(2,3)17-11;14-8-2-1-7(5-9(8)15)10(16)6-13-11(17)3-4-12(13)18/h3-4,7,12,18H,5-6,8-9H2,1-2H3;3-4,7,10,17H,5-6,8H2,1-2H3;5-7,11,17H,8H2,1-4H3;1-2,5,11,15-17H,3-4,6-7H2;4-6,10,16H,7H2,1-3H3,(H,14,15);1-2,5,10,14-16H,3-4,6H2. The Kier molecular flexibility index (Phi) is 28.8. The Labute approximate surface area is 674 Å². The lowest BCUT2D eigenvalue weighted by molar-refractivity contribution is -0.180. The Balaban J connectivity index is 0.000000161. The molecule has 10 amide bonds. The molecule has 630 valence electrons. The summed E-state index contributed by atoms with van der Waals surface area (Å²) in [4.78, 5) is 120. The number of β-amino-alcohol motifs (C(OH)–C–C–N with tert-alkyl or cyclic N) is 4. The number of carbonyl (C=O) groups is 10. The highest BCUT2D eigenvalue weighted by atomic mass is 16.7. The predicted octanol–water partition coefficient (Wildman–Crippen LogP) is 6.31. The molecule has 34 heteroatoms. The Hall–Kier alpha value is -11.5. The minimum Gasteiger partial charge on any atom is -0.508 e. The minimum absolute atomic E-state index is 0.0103. The molecule has 0 spiro atoms. The van der Waals surface area contributed by atoms with Crippen LogP contribution in [-0.4, -0.2) is 204 Å². The number of imide groups is 4. The highest BCUT2D eigenvalue weighted by Crippen LogP contribution is 2.44. The van der Waals surface area contributed by atoms with Gasteiger partial charge in [-0.2, -0.15) is 0 Å². The van der Waals surface area contributed by atoms with Crippen molar-refractivity contribution in [3.05, 3.63) is 154 Å². The summed E-state index contributed by atoms with van der Waals surface area (Å²) in [7, 11) is 1.65. The van der Waals surface area contributed by atoms with Crippen LogP contribution in [0, 0.1) is 0 Å². The molecule has 8 heterocycles. The van der Waals surface area contributed by atoms with Crippen molar-refractivity contribution >= 4 is 59.1 Å². The van der Waals surface area contributed by atoms with Crippen LogP contribution >= 0.6 is 0 Å². The number of phenolic OH excluding ortho intramolecular Hbond substituents is 2. The Morgan fingerprint density at radius 3 is 1.03 bits per heavy atom. The first-order chi connectivity index (χ1) is 54.9. The minimum atomic E-state index is -1.08. The van der Waals surface area contributed by atoms with Crippen molar-refractivity contribution in [2.45, 2.75) is 194 Å². The highest BCUT2D eigenvalue weighted by Gasteiger charge is 2.39. The molecule has 8 aliphatic heterocycles. The number of hydrogen-bond donors (Lipinski definition) is 11. The maximum Gasteiger partial charge on any atom is 0.246 e. The number of nitrogens with one attached hydrogen (secondary N) is 1. The number of nitrogens with zero attached hydrogens (tertiary/aromatic N) is 5. The number of aliphatic hydroxyl groups excluding tert-OH is 7. The third-order valence-corrected chi connectivity index (χ3v) is 19.2. The van der Waals surface area contributed by atoms with E-state index in [0.717, 1.165) is 30.9 Å². The van der Waals surface area contributed by atoms with Gasteiger partial charge in [0, 0.05) is 145 Å². The molecule has 0 aromatic heterocycles. The van der Waals surface area contributed by atoms with E-state index in [1.807, 2.05) is 41.5 Å². The molecule has 6 atom stereocenters. The molecule has 0 saturated carbocycles. The van der Waals surface area contributed by atoms with Gasteiger partial charge in [0.2, 0.25) is 82.2 Å². The van der Waals surface area contributed by atoms with Gasteiger partial charge in [-0.1, -0.05) is 36.4 Å². The number of ether oxygens (including phenoxy) is 8. The van der Waals surface area contributed by atoms with Crippen LogP contribution in [0.2, 0.25) is 0 Å². The number of phenols is 3. The molecule has 8 aliphatic rings. The van der Waals surface area contributed by atoms with Crippen molar-refractivity contribution in [2.75, 3.05) is 46.3 Å². The average Bonchev–Trinajstić information content (AvgIpc) is 1.72. The van der Waals surface area contributed by atoms with E-state index in [0.29, 0.717) is 74.5 Å². The number of fused-ring (bicyclic) bond motifs is 4. The van der Waals surface area contributed by atoms with Gasteiger partial charge in [-0.3, -0.25) is 67.5 Å². The molecule has 117 heavy (non-hydrogen) atoms. The maximum atomic E-state index is 11.6. The second kappa shape index (κ2) is 37.6. The van der Waals surface area contributed by atoms with Gasteiger partial charge in [-0.15, -0.1) is 0 Å². The molecule has 34 nitrogen and oxygen atoms in total. The fourth-order valence-corrected chi connectivity index (χ4v) is 12.9. The van der Waals surface area contributed by atoms with E-state index in [1.54, 1.807) is 93.7 Å². The van der Waals surface area contributed by atoms with Crippen LogP contribution in [0.4, 0.5) is 0 Å². The summed E-state index contributed by atoms with van der Waals surface area (Å²) in [6.07, 6.45) is -3.84. The van der Waals surface area contributed by atoms with Crippen LogP contribution in [0.5, 0.6) is 57.5 Å². The van der Waals surface area contributed by atoms with E-state index in [9.17, 15) is 88.8 Å². The van der Waals surface area contributed by atoms with Crippen LogP contribution in [0.1, 0.15) is 202 Å². The van der Waals surface area contributed by atoms with Gasteiger partial charge in [-0.25, -0.2) is 0 Å². The molecule has 0 bridgehead atoms. The van der Waals surface area contributed by atoms with Gasteiger partial charge in [-0.05, 0) is 106 Å². The normalized spacial score (nSPS) is 18.7. The molecule has 0 radical (unpaired) electrons. The summed E-state index contributed by atoms with van der Waals surface area (Å²) in [6, 6.07) is 29.1. The Morgan fingerprint density at radius 1 is 0.385 bits per heavy atom. The number of rotatable bonds is 19. The number of aliphatic hydroxyl groups is 7. The molecule has 4 fully saturated rings. The lowest BCUT2D eigenvalue weighted by atomic mass is 10.0. The SMILES string of the molecule is CC(=O)N(C)CC(O)c1ccc2c(c1)OC(C)(C)O2.CC(=O)NCC(O)c1ccc2c(c1)OC(C)(C)O2.CC1(C)OCc2cc(C(O)CN3C(=O)CCC3=O)ccc2O1.CC1(C)Oc2ccc(C(O)CN3C(=O)CCC3=O)cc2O1.O=C1CCC(=O)N1CC(O)c1ccc(O)c(CO)c1.O=C1CCC(=O)N1CC(O)c1ccc(O)c(O)c1. The van der Waals surface area contributed by atoms with Gasteiger partial charge >= 0.3 is 0 Å². The molecular formula is C83H100N6O28. The zero-order chi connectivity index (χ0) is 85.9. The third-order valence-electron chi connectivity index (χ3n) is 19.2. The lowest BCUT2D eigenvalue weighted by Crippen LogP contribution is -2.35. The maximum absolute atomic E-state index is 11.6. The zero-order valence-electron chi connectivity index (χ0n) is 66.7. The Bertz CT molecular complexity index is 4650. The summed E-state index contributed by atoms with van der Waals surface area (Å²) >= 11 is 0. The van der Waals surface area contributed by atoms with Crippen molar-refractivity contribution < 1.29 is 137 Å². The van der Waals surface area contributed by atoms with E-state index in [1.165, 1.54) is 55.1 Å².